The van der Waals surface area contributed by atoms with E-state index in [1.807, 2.05) is 19.1 Å². The first-order valence-corrected chi connectivity index (χ1v) is 6.17. The van der Waals surface area contributed by atoms with E-state index in [-0.39, 0.29) is 6.10 Å². The standard InChI is InChI=1S/C16H22O/c1-5-8-15(6-2)14(4)17-16-10-7-9-13(3)11-12-16/h5-6,8,10-14H,1-2,7,9H2,3-4H3/b15-8+/t13?,14-/m1/s1. The Morgan fingerprint density at radius 3 is 2.94 bits per heavy atom. The largest absolute Gasteiger partial charge is 0.486 e. The summed E-state index contributed by atoms with van der Waals surface area (Å²) in [6.45, 7) is 11.7. The maximum atomic E-state index is 5.91. The van der Waals surface area contributed by atoms with Crippen LogP contribution >= 0.6 is 0 Å². The third-order valence-corrected chi connectivity index (χ3v) is 2.88. The Morgan fingerprint density at radius 1 is 1.53 bits per heavy atom. The molecule has 0 saturated carbocycles. The van der Waals surface area contributed by atoms with Gasteiger partial charge < -0.3 is 4.74 Å². The van der Waals surface area contributed by atoms with Crippen molar-refractivity contribution >= 4 is 0 Å². The highest BCUT2D eigenvalue weighted by Crippen LogP contribution is 2.19. The maximum Gasteiger partial charge on any atom is 0.121 e. The molecule has 1 heteroatoms. The zero-order chi connectivity index (χ0) is 12.7. The minimum atomic E-state index is 0.00908. The molecule has 17 heavy (non-hydrogen) atoms. The van der Waals surface area contributed by atoms with Gasteiger partial charge in [-0.2, -0.15) is 0 Å². The van der Waals surface area contributed by atoms with Gasteiger partial charge in [-0.15, -0.1) is 0 Å². The lowest BCUT2D eigenvalue weighted by Crippen LogP contribution is -2.09. The summed E-state index contributed by atoms with van der Waals surface area (Å²) in [5.41, 5.74) is 1.05. The molecule has 0 N–H and O–H groups in total. The monoisotopic (exact) mass is 230 g/mol. The molecule has 1 nitrogen and oxygen atoms in total. The van der Waals surface area contributed by atoms with E-state index >= 15 is 0 Å². The topological polar surface area (TPSA) is 9.23 Å². The molecule has 0 aromatic carbocycles. The molecular weight excluding hydrogens is 208 g/mol. The summed E-state index contributed by atoms with van der Waals surface area (Å²) in [7, 11) is 0. The molecule has 1 aliphatic carbocycles. The van der Waals surface area contributed by atoms with Gasteiger partial charge in [0.15, 0.2) is 0 Å². The van der Waals surface area contributed by atoms with Gasteiger partial charge in [-0.3, -0.25) is 0 Å². The first-order chi connectivity index (χ1) is 8.17. The molecule has 0 aliphatic heterocycles. The lowest BCUT2D eigenvalue weighted by Gasteiger charge is -2.16. The van der Waals surface area contributed by atoms with Gasteiger partial charge in [0.1, 0.15) is 11.9 Å². The Hall–Kier alpha value is -1.50. The van der Waals surface area contributed by atoms with Gasteiger partial charge in [-0.25, -0.2) is 0 Å². The Morgan fingerprint density at radius 2 is 2.29 bits per heavy atom. The molecule has 0 fully saturated rings. The number of rotatable bonds is 5. The van der Waals surface area contributed by atoms with Crippen molar-refractivity contribution in [3.8, 4) is 0 Å². The van der Waals surface area contributed by atoms with Gasteiger partial charge in [0.05, 0.1) is 0 Å². The fourth-order valence-corrected chi connectivity index (χ4v) is 1.78. The molecule has 0 aromatic heterocycles. The number of hydrogen-bond acceptors (Lipinski definition) is 1. The van der Waals surface area contributed by atoms with E-state index in [1.54, 1.807) is 6.08 Å². The molecule has 92 valence electrons. The number of ether oxygens (including phenoxy) is 1. The van der Waals surface area contributed by atoms with E-state index in [2.05, 4.69) is 38.3 Å². The normalized spacial score (nSPS) is 22.4. The quantitative estimate of drug-likeness (QED) is 0.629. The predicted molar refractivity (Wildman–Crippen MR) is 74.6 cm³/mol. The first-order valence-electron chi connectivity index (χ1n) is 6.17. The van der Waals surface area contributed by atoms with E-state index < -0.39 is 0 Å². The van der Waals surface area contributed by atoms with Crippen molar-refractivity contribution in [2.45, 2.75) is 32.8 Å². The van der Waals surface area contributed by atoms with Crippen molar-refractivity contribution in [1.29, 1.82) is 0 Å². The lowest BCUT2D eigenvalue weighted by molar-refractivity contribution is 0.173. The summed E-state index contributed by atoms with van der Waals surface area (Å²) in [5.74, 6) is 1.59. The van der Waals surface area contributed by atoms with Crippen LogP contribution in [0.25, 0.3) is 0 Å². The SMILES string of the molecule is C=C/C=C(\C=C)[C@@H](C)OC1=CCCC(C)C=C1. The van der Waals surface area contributed by atoms with Gasteiger partial charge in [-0.1, -0.05) is 44.4 Å². The summed E-state index contributed by atoms with van der Waals surface area (Å²) in [4.78, 5) is 0. The van der Waals surface area contributed by atoms with Crippen molar-refractivity contribution in [3.05, 3.63) is 60.9 Å². The fourth-order valence-electron chi connectivity index (χ4n) is 1.78. The molecule has 0 saturated heterocycles. The highest BCUT2D eigenvalue weighted by Gasteiger charge is 2.09. The van der Waals surface area contributed by atoms with Crippen LogP contribution in [0.4, 0.5) is 0 Å². The second-order valence-corrected chi connectivity index (χ2v) is 4.39. The molecule has 1 rings (SSSR count). The molecule has 0 heterocycles. The van der Waals surface area contributed by atoms with Crippen molar-refractivity contribution < 1.29 is 4.74 Å². The second-order valence-electron chi connectivity index (χ2n) is 4.39. The summed E-state index contributed by atoms with van der Waals surface area (Å²) in [6, 6.07) is 0. The van der Waals surface area contributed by atoms with Gasteiger partial charge in [0.2, 0.25) is 0 Å². The Bertz CT molecular complexity index is 358. The molecule has 0 amide bonds. The molecule has 2 atom stereocenters. The Labute approximate surface area is 105 Å². The van der Waals surface area contributed by atoms with Gasteiger partial charge in [-0.05, 0) is 43.4 Å². The highest BCUT2D eigenvalue weighted by molar-refractivity contribution is 5.26. The minimum Gasteiger partial charge on any atom is -0.486 e. The van der Waals surface area contributed by atoms with Crippen LogP contribution in [0.2, 0.25) is 0 Å². The third-order valence-electron chi connectivity index (χ3n) is 2.88. The number of hydrogen-bond donors (Lipinski definition) is 0. The molecule has 1 unspecified atom stereocenters. The molecule has 1 aliphatic rings. The van der Waals surface area contributed by atoms with E-state index in [0.29, 0.717) is 5.92 Å². The second kappa shape index (κ2) is 6.95. The smallest absolute Gasteiger partial charge is 0.121 e. The summed E-state index contributed by atoms with van der Waals surface area (Å²) < 4.78 is 5.91. The highest BCUT2D eigenvalue weighted by atomic mass is 16.5. The minimum absolute atomic E-state index is 0.00908. The van der Waals surface area contributed by atoms with Crippen LogP contribution in [-0.4, -0.2) is 6.10 Å². The maximum absolute atomic E-state index is 5.91. The van der Waals surface area contributed by atoms with Crippen molar-refractivity contribution in [3.63, 3.8) is 0 Å². The zero-order valence-corrected chi connectivity index (χ0v) is 10.9. The van der Waals surface area contributed by atoms with Crippen molar-refractivity contribution in [2.75, 3.05) is 0 Å². The van der Waals surface area contributed by atoms with Gasteiger partial charge in [0.25, 0.3) is 0 Å². The molecule has 0 bridgehead atoms. The van der Waals surface area contributed by atoms with Crippen molar-refractivity contribution in [2.24, 2.45) is 5.92 Å². The summed E-state index contributed by atoms with van der Waals surface area (Å²) >= 11 is 0. The summed E-state index contributed by atoms with van der Waals surface area (Å²) in [6.07, 6.45) is 14.2. The first kappa shape index (κ1) is 13.6. The van der Waals surface area contributed by atoms with Gasteiger partial charge in [0, 0.05) is 0 Å². The predicted octanol–water partition coefficient (Wildman–Crippen LogP) is 4.56. The van der Waals surface area contributed by atoms with Crippen LogP contribution in [0.5, 0.6) is 0 Å². The zero-order valence-electron chi connectivity index (χ0n) is 10.9. The van der Waals surface area contributed by atoms with E-state index in [9.17, 15) is 0 Å². The molecule has 0 radical (unpaired) electrons. The average molecular weight is 230 g/mol. The third kappa shape index (κ3) is 4.48. The van der Waals surface area contributed by atoms with E-state index in [4.69, 9.17) is 4.74 Å². The summed E-state index contributed by atoms with van der Waals surface area (Å²) in [5, 5.41) is 0. The average Bonchev–Trinajstić information content (AvgIpc) is 2.51. The molecular formula is C16H22O. The van der Waals surface area contributed by atoms with Crippen LogP contribution in [0.15, 0.2) is 60.9 Å². The van der Waals surface area contributed by atoms with Crippen molar-refractivity contribution in [1.82, 2.24) is 0 Å². The Kier molecular flexibility index (Phi) is 5.55. The fraction of sp³-hybridized carbons (Fsp3) is 0.375. The molecule has 0 aromatic rings. The van der Waals surface area contributed by atoms with Crippen LogP contribution in [0, 0.1) is 5.92 Å². The molecule has 0 spiro atoms. The van der Waals surface area contributed by atoms with E-state index in [1.165, 1.54) is 6.42 Å². The van der Waals surface area contributed by atoms with Gasteiger partial charge >= 0.3 is 0 Å². The Balaban J connectivity index is 2.67. The van der Waals surface area contributed by atoms with E-state index in [0.717, 1.165) is 17.8 Å². The van der Waals surface area contributed by atoms with Crippen LogP contribution in [0.1, 0.15) is 26.7 Å². The lowest BCUT2D eigenvalue weighted by atomic mass is 10.1. The van der Waals surface area contributed by atoms with Crippen LogP contribution in [0.3, 0.4) is 0 Å². The number of allylic oxidation sites excluding steroid dienone is 5. The van der Waals surface area contributed by atoms with Crippen LogP contribution < -0.4 is 0 Å². The van der Waals surface area contributed by atoms with Crippen LogP contribution in [-0.2, 0) is 4.74 Å².